The minimum absolute atomic E-state index is 0.168. The van der Waals surface area contributed by atoms with Crippen LogP contribution in [0.4, 0.5) is 11.9 Å². The highest BCUT2D eigenvalue weighted by molar-refractivity contribution is 6.28. The van der Waals surface area contributed by atoms with Gasteiger partial charge < -0.3 is 10.2 Å². The average molecular weight is 268 g/mol. The summed E-state index contributed by atoms with van der Waals surface area (Å²) in [6.45, 7) is 0.573. The minimum Gasteiger partial charge on any atom is -0.348 e. The van der Waals surface area contributed by atoms with Crippen LogP contribution in [-0.2, 0) is 13.6 Å². The summed E-state index contributed by atoms with van der Waals surface area (Å²) in [5.74, 6) is 0.961. The van der Waals surface area contributed by atoms with E-state index in [-0.39, 0.29) is 5.28 Å². The van der Waals surface area contributed by atoms with Crippen LogP contribution in [0, 0.1) is 0 Å². The minimum atomic E-state index is 0.168. The van der Waals surface area contributed by atoms with E-state index in [1.54, 1.807) is 15.8 Å². The molecule has 2 aromatic heterocycles. The second-order valence-electron chi connectivity index (χ2n) is 3.92. The maximum atomic E-state index is 5.84. The normalized spacial score (nSPS) is 10.4. The van der Waals surface area contributed by atoms with Crippen LogP contribution < -0.4 is 10.2 Å². The molecule has 0 fully saturated rings. The van der Waals surface area contributed by atoms with Crippen molar-refractivity contribution in [2.24, 2.45) is 7.05 Å². The van der Waals surface area contributed by atoms with Gasteiger partial charge in [0.15, 0.2) is 0 Å². The summed E-state index contributed by atoms with van der Waals surface area (Å²) >= 11 is 5.84. The molecule has 8 heteroatoms. The Morgan fingerprint density at radius 3 is 2.72 bits per heavy atom. The highest BCUT2D eigenvalue weighted by Gasteiger charge is 2.07. The SMILES string of the molecule is CN(C)c1nc(Cl)nc(NCc2ccnn2C)n1. The zero-order chi connectivity index (χ0) is 13.1. The van der Waals surface area contributed by atoms with Crippen molar-refractivity contribution < 1.29 is 0 Å². The number of hydrogen-bond acceptors (Lipinski definition) is 6. The molecule has 2 rings (SSSR count). The van der Waals surface area contributed by atoms with E-state index in [1.165, 1.54) is 0 Å². The van der Waals surface area contributed by atoms with Gasteiger partial charge in [0, 0.05) is 27.3 Å². The second-order valence-corrected chi connectivity index (χ2v) is 4.26. The van der Waals surface area contributed by atoms with Gasteiger partial charge in [-0.25, -0.2) is 0 Å². The van der Waals surface area contributed by atoms with Gasteiger partial charge in [-0.2, -0.15) is 20.1 Å². The number of halogens is 1. The number of aromatic nitrogens is 5. The molecule has 96 valence electrons. The van der Waals surface area contributed by atoms with Crippen LogP contribution in [0.1, 0.15) is 5.69 Å². The third-order valence-electron chi connectivity index (χ3n) is 2.35. The number of nitrogens with zero attached hydrogens (tertiary/aromatic N) is 6. The molecule has 0 spiro atoms. The van der Waals surface area contributed by atoms with Crippen molar-refractivity contribution in [3.8, 4) is 0 Å². The lowest BCUT2D eigenvalue weighted by Crippen LogP contribution is -2.15. The molecular weight excluding hydrogens is 254 g/mol. The van der Waals surface area contributed by atoms with E-state index in [9.17, 15) is 0 Å². The molecule has 0 bridgehead atoms. The molecule has 0 saturated carbocycles. The first-order valence-corrected chi connectivity index (χ1v) is 5.73. The molecule has 0 saturated heterocycles. The Bertz CT molecular complexity index is 537. The molecule has 2 aromatic rings. The summed E-state index contributed by atoms with van der Waals surface area (Å²) in [6.07, 6.45) is 1.74. The van der Waals surface area contributed by atoms with Gasteiger partial charge in [-0.15, -0.1) is 0 Å². The third-order valence-corrected chi connectivity index (χ3v) is 2.52. The van der Waals surface area contributed by atoms with Gasteiger partial charge in [0.2, 0.25) is 17.2 Å². The third kappa shape index (κ3) is 2.86. The summed E-state index contributed by atoms with van der Waals surface area (Å²) in [4.78, 5) is 14.0. The van der Waals surface area contributed by atoms with Crippen LogP contribution in [0.3, 0.4) is 0 Å². The standard InChI is InChI=1S/C10H14ClN7/c1-17(2)10-15-8(11)14-9(16-10)12-6-7-4-5-13-18(7)3/h4-5H,6H2,1-3H3,(H,12,14,15,16). The number of aryl methyl sites for hydroxylation is 1. The Balaban J connectivity index is 2.12. The smallest absolute Gasteiger partial charge is 0.230 e. The Morgan fingerprint density at radius 2 is 2.11 bits per heavy atom. The van der Waals surface area contributed by atoms with Crippen molar-refractivity contribution in [2.45, 2.75) is 6.54 Å². The molecule has 0 aromatic carbocycles. The average Bonchev–Trinajstić information content (AvgIpc) is 2.71. The maximum Gasteiger partial charge on any atom is 0.230 e. The van der Waals surface area contributed by atoms with Gasteiger partial charge >= 0.3 is 0 Å². The number of anilines is 2. The Labute approximate surface area is 110 Å². The van der Waals surface area contributed by atoms with E-state index < -0.39 is 0 Å². The van der Waals surface area contributed by atoms with Crippen LogP contribution in [0.2, 0.25) is 5.28 Å². The molecule has 0 unspecified atom stereocenters. The predicted molar refractivity (Wildman–Crippen MR) is 69.7 cm³/mol. The maximum absolute atomic E-state index is 5.84. The Morgan fingerprint density at radius 1 is 1.33 bits per heavy atom. The van der Waals surface area contributed by atoms with E-state index >= 15 is 0 Å². The molecule has 0 amide bonds. The fourth-order valence-electron chi connectivity index (χ4n) is 1.36. The van der Waals surface area contributed by atoms with E-state index in [0.717, 1.165) is 5.69 Å². The van der Waals surface area contributed by atoms with Gasteiger partial charge in [0.25, 0.3) is 0 Å². The lowest BCUT2D eigenvalue weighted by Gasteiger charge is -2.11. The summed E-state index contributed by atoms with van der Waals surface area (Å²) in [5, 5.41) is 7.34. The van der Waals surface area contributed by atoms with Gasteiger partial charge in [-0.05, 0) is 17.7 Å². The summed E-state index contributed by atoms with van der Waals surface area (Å²) in [6, 6.07) is 1.92. The van der Waals surface area contributed by atoms with Crippen molar-refractivity contribution in [1.29, 1.82) is 0 Å². The quantitative estimate of drug-likeness (QED) is 0.889. The zero-order valence-corrected chi connectivity index (χ0v) is 11.2. The van der Waals surface area contributed by atoms with E-state index in [2.05, 4.69) is 25.4 Å². The molecule has 1 N–H and O–H groups in total. The van der Waals surface area contributed by atoms with E-state index in [0.29, 0.717) is 18.4 Å². The van der Waals surface area contributed by atoms with Crippen molar-refractivity contribution in [3.05, 3.63) is 23.2 Å². The van der Waals surface area contributed by atoms with Crippen LogP contribution in [0.15, 0.2) is 12.3 Å². The lowest BCUT2D eigenvalue weighted by molar-refractivity contribution is 0.718. The monoisotopic (exact) mass is 267 g/mol. The molecule has 2 heterocycles. The van der Waals surface area contributed by atoms with Crippen LogP contribution in [0.25, 0.3) is 0 Å². The van der Waals surface area contributed by atoms with Gasteiger partial charge in [0.05, 0.1) is 12.2 Å². The summed E-state index contributed by atoms with van der Waals surface area (Å²) < 4.78 is 1.78. The van der Waals surface area contributed by atoms with Gasteiger partial charge in [0.1, 0.15) is 0 Å². The molecule has 18 heavy (non-hydrogen) atoms. The number of nitrogens with one attached hydrogen (secondary N) is 1. The molecule has 0 aliphatic rings. The Hall–Kier alpha value is -1.89. The highest BCUT2D eigenvalue weighted by Crippen LogP contribution is 2.12. The topological polar surface area (TPSA) is 71.8 Å². The summed E-state index contributed by atoms with van der Waals surface area (Å²) in [7, 11) is 5.57. The molecule has 0 aliphatic carbocycles. The van der Waals surface area contributed by atoms with Crippen LogP contribution in [0.5, 0.6) is 0 Å². The first kappa shape index (κ1) is 12.6. The van der Waals surface area contributed by atoms with Crippen molar-refractivity contribution in [1.82, 2.24) is 24.7 Å². The highest BCUT2D eigenvalue weighted by atomic mass is 35.5. The molecule has 7 nitrogen and oxygen atoms in total. The van der Waals surface area contributed by atoms with Crippen molar-refractivity contribution >= 4 is 23.5 Å². The zero-order valence-electron chi connectivity index (χ0n) is 10.4. The first-order valence-electron chi connectivity index (χ1n) is 5.36. The van der Waals surface area contributed by atoms with Gasteiger partial charge in [-0.3, -0.25) is 4.68 Å². The molecule has 0 atom stereocenters. The lowest BCUT2D eigenvalue weighted by atomic mass is 10.4. The molecule has 0 aliphatic heterocycles. The fraction of sp³-hybridized carbons (Fsp3) is 0.400. The van der Waals surface area contributed by atoms with E-state index in [1.807, 2.05) is 27.2 Å². The van der Waals surface area contributed by atoms with Crippen molar-refractivity contribution in [3.63, 3.8) is 0 Å². The number of rotatable bonds is 4. The number of hydrogen-bond donors (Lipinski definition) is 1. The fourth-order valence-corrected chi connectivity index (χ4v) is 1.52. The molecule has 0 radical (unpaired) electrons. The Kier molecular flexibility index (Phi) is 3.61. The largest absolute Gasteiger partial charge is 0.348 e. The predicted octanol–water partition coefficient (Wildman–Crippen LogP) is 0.937. The van der Waals surface area contributed by atoms with Gasteiger partial charge in [-0.1, -0.05) is 0 Å². The van der Waals surface area contributed by atoms with E-state index in [4.69, 9.17) is 11.6 Å². The second kappa shape index (κ2) is 5.18. The summed E-state index contributed by atoms with van der Waals surface area (Å²) in [5.41, 5.74) is 1.03. The molecular formula is C10H14ClN7. The first-order chi connectivity index (χ1) is 8.56. The van der Waals surface area contributed by atoms with Crippen molar-refractivity contribution in [2.75, 3.05) is 24.3 Å². The van der Waals surface area contributed by atoms with Crippen LogP contribution in [-0.4, -0.2) is 38.8 Å². The van der Waals surface area contributed by atoms with Crippen LogP contribution >= 0.6 is 11.6 Å².